The van der Waals surface area contributed by atoms with E-state index in [4.69, 9.17) is 27.9 Å². The average molecular weight is 233 g/mol. The van der Waals surface area contributed by atoms with Gasteiger partial charge in [-0.25, -0.2) is 0 Å². The summed E-state index contributed by atoms with van der Waals surface area (Å²) in [5, 5.41) is 0. The molecule has 0 aliphatic heterocycles. The van der Waals surface area contributed by atoms with Crippen LogP contribution >= 0.6 is 23.2 Å². The van der Waals surface area contributed by atoms with Crippen LogP contribution in [0.4, 0.5) is 0 Å². The zero-order valence-corrected chi connectivity index (χ0v) is 9.18. The maximum atomic E-state index is 10.5. The van der Waals surface area contributed by atoms with Gasteiger partial charge in [-0.3, -0.25) is 4.79 Å². The SMILES string of the molecule is COc1ccc(CC(Cl)(Cl)C=O)cc1. The number of carbonyl (C=O) groups is 1. The number of hydrogen-bond acceptors (Lipinski definition) is 2. The number of alkyl halides is 2. The van der Waals surface area contributed by atoms with Crippen LogP contribution in [0.15, 0.2) is 24.3 Å². The van der Waals surface area contributed by atoms with E-state index in [1.165, 1.54) is 0 Å². The van der Waals surface area contributed by atoms with Crippen molar-refractivity contribution in [1.29, 1.82) is 0 Å². The minimum atomic E-state index is -1.34. The van der Waals surface area contributed by atoms with E-state index in [1.807, 2.05) is 12.1 Å². The van der Waals surface area contributed by atoms with Gasteiger partial charge < -0.3 is 4.74 Å². The summed E-state index contributed by atoms with van der Waals surface area (Å²) in [7, 11) is 1.59. The van der Waals surface area contributed by atoms with Crippen molar-refractivity contribution >= 4 is 29.5 Å². The molecule has 0 N–H and O–H groups in total. The van der Waals surface area contributed by atoms with Crippen LogP contribution in [0, 0.1) is 0 Å². The molecule has 14 heavy (non-hydrogen) atoms. The molecule has 0 unspecified atom stereocenters. The fourth-order valence-corrected chi connectivity index (χ4v) is 1.37. The van der Waals surface area contributed by atoms with Crippen molar-refractivity contribution in [3.63, 3.8) is 0 Å². The first-order valence-electron chi connectivity index (χ1n) is 4.04. The molecule has 0 bridgehead atoms. The van der Waals surface area contributed by atoms with Crippen LogP contribution in [0.5, 0.6) is 5.75 Å². The maximum absolute atomic E-state index is 10.5. The number of hydrogen-bond donors (Lipinski definition) is 0. The van der Waals surface area contributed by atoms with E-state index < -0.39 is 4.33 Å². The molecule has 0 saturated heterocycles. The van der Waals surface area contributed by atoms with E-state index in [0.29, 0.717) is 12.7 Å². The van der Waals surface area contributed by atoms with Gasteiger partial charge in [0.25, 0.3) is 0 Å². The molecule has 1 aromatic rings. The highest BCUT2D eigenvalue weighted by atomic mass is 35.5. The molecule has 0 heterocycles. The van der Waals surface area contributed by atoms with Gasteiger partial charge in [-0.1, -0.05) is 35.3 Å². The average Bonchev–Trinajstić information content (AvgIpc) is 2.19. The lowest BCUT2D eigenvalue weighted by Crippen LogP contribution is -2.17. The van der Waals surface area contributed by atoms with E-state index in [9.17, 15) is 4.79 Å². The van der Waals surface area contributed by atoms with Gasteiger partial charge in [0.1, 0.15) is 5.75 Å². The fraction of sp³-hybridized carbons (Fsp3) is 0.300. The molecule has 0 spiro atoms. The number of methoxy groups -OCH3 is 1. The molecule has 0 fully saturated rings. The van der Waals surface area contributed by atoms with Gasteiger partial charge in [0.05, 0.1) is 7.11 Å². The summed E-state index contributed by atoms with van der Waals surface area (Å²) in [6, 6.07) is 7.23. The smallest absolute Gasteiger partial charge is 0.176 e. The highest BCUT2D eigenvalue weighted by Gasteiger charge is 2.23. The normalized spacial score (nSPS) is 11.1. The minimum Gasteiger partial charge on any atom is -0.497 e. The molecule has 0 aromatic heterocycles. The Balaban J connectivity index is 2.73. The van der Waals surface area contributed by atoms with Gasteiger partial charge in [0.2, 0.25) is 0 Å². The van der Waals surface area contributed by atoms with Crippen LogP contribution < -0.4 is 4.74 Å². The summed E-state index contributed by atoms with van der Waals surface area (Å²) in [4.78, 5) is 10.5. The van der Waals surface area contributed by atoms with Gasteiger partial charge in [-0.2, -0.15) is 0 Å². The van der Waals surface area contributed by atoms with Crippen LogP contribution in [0.3, 0.4) is 0 Å². The largest absolute Gasteiger partial charge is 0.497 e. The molecule has 2 nitrogen and oxygen atoms in total. The van der Waals surface area contributed by atoms with Crippen molar-refractivity contribution in [3.8, 4) is 5.75 Å². The van der Waals surface area contributed by atoms with Crippen molar-refractivity contribution in [3.05, 3.63) is 29.8 Å². The number of benzene rings is 1. The van der Waals surface area contributed by atoms with Crippen molar-refractivity contribution in [2.75, 3.05) is 7.11 Å². The molecular formula is C10H10Cl2O2. The van der Waals surface area contributed by atoms with Crippen molar-refractivity contribution in [2.45, 2.75) is 10.8 Å². The van der Waals surface area contributed by atoms with E-state index in [1.54, 1.807) is 19.2 Å². The molecule has 0 aliphatic carbocycles. The van der Waals surface area contributed by atoms with Gasteiger partial charge in [-0.05, 0) is 17.7 Å². The lowest BCUT2D eigenvalue weighted by molar-refractivity contribution is -0.108. The van der Waals surface area contributed by atoms with Gasteiger partial charge >= 0.3 is 0 Å². The van der Waals surface area contributed by atoms with Gasteiger partial charge in [0.15, 0.2) is 10.6 Å². The Morgan fingerprint density at radius 3 is 2.36 bits per heavy atom. The standard InChI is InChI=1S/C10H10Cl2O2/c1-14-9-4-2-8(3-5-9)6-10(11,12)7-13/h2-5,7H,6H2,1H3. The monoisotopic (exact) mass is 232 g/mol. The highest BCUT2D eigenvalue weighted by molar-refractivity contribution is 6.55. The first kappa shape index (κ1) is 11.3. The first-order chi connectivity index (χ1) is 6.57. The summed E-state index contributed by atoms with van der Waals surface area (Å²) in [5.41, 5.74) is 0.892. The number of ether oxygens (including phenoxy) is 1. The van der Waals surface area contributed by atoms with Crippen LogP contribution in [0.1, 0.15) is 5.56 Å². The zero-order chi connectivity index (χ0) is 10.6. The molecule has 0 atom stereocenters. The maximum Gasteiger partial charge on any atom is 0.176 e. The van der Waals surface area contributed by atoms with Crippen molar-refractivity contribution < 1.29 is 9.53 Å². The van der Waals surface area contributed by atoms with Crippen molar-refractivity contribution in [1.82, 2.24) is 0 Å². The Morgan fingerprint density at radius 2 is 1.93 bits per heavy atom. The third-order valence-corrected chi connectivity index (χ3v) is 2.22. The molecular weight excluding hydrogens is 223 g/mol. The number of aldehydes is 1. The Labute approximate surface area is 92.8 Å². The molecule has 76 valence electrons. The molecule has 4 heteroatoms. The molecule has 0 saturated carbocycles. The Bertz CT molecular complexity index is 306. The first-order valence-corrected chi connectivity index (χ1v) is 4.80. The molecule has 1 aromatic carbocycles. The Hall–Kier alpha value is -0.730. The summed E-state index contributed by atoms with van der Waals surface area (Å²) in [5.74, 6) is 0.759. The second-order valence-corrected chi connectivity index (χ2v) is 4.45. The second-order valence-electron chi connectivity index (χ2n) is 2.90. The minimum absolute atomic E-state index is 0.295. The third-order valence-electron chi connectivity index (χ3n) is 1.77. The quantitative estimate of drug-likeness (QED) is 0.590. The van der Waals surface area contributed by atoms with E-state index in [0.717, 1.165) is 11.3 Å². The molecule has 0 radical (unpaired) electrons. The fourth-order valence-electron chi connectivity index (χ4n) is 1.06. The van der Waals surface area contributed by atoms with Crippen LogP contribution in [-0.4, -0.2) is 17.7 Å². The van der Waals surface area contributed by atoms with E-state index in [-0.39, 0.29) is 0 Å². The van der Waals surface area contributed by atoms with Crippen molar-refractivity contribution in [2.24, 2.45) is 0 Å². The lowest BCUT2D eigenvalue weighted by Gasteiger charge is -2.11. The second kappa shape index (κ2) is 4.67. The topological polar surface area (TPSA) is 26.3 Å². The zero-order valence-electron chi connectivity index (χ0n) is 7.67. The van der Waals surface area contributed by atoms with Gasteiger partial charge in [-0.15, -0.1) is 0 Å². The summed E-state index contributed by atoms with van der Waals surface area (Å²) < 4.78 is 3.65. The lowest BCUT2D eigenvalue weighted by atomic mass is 10.1. The summed E-state index contributed by atoms with van der Waals surface area (Å²) >= 11 is 11.4. The van der Waals surface area contributed by atoms with E-state index in [2.05, 4.69) is 0 Å². The highest BCUT2D eigenvalue weighted by Crippen LogP contribution is 2.24. The molecule has 0 aliphatic rings. The number of rotatable bonds is 4. The van der Waals surface area contributed by atoms with Crippen LogP contribution in [0.2, 0.25) is 0 Å². The predicted molar refractivity (Wildman–Crippen MR) is 57.2 cm³/mol. The number of halogens is 2. The molecule has 1 rings (SSSR count). The Kier molecular flexibility index (Phi) is 3.78. The summed E-state index contributed by atoms with van der Waals surface area (Å²) in [6.45, 7) is 0. The van der Waals surface area contributed by atoms with Gasteiger partial charge in [0, 0.05) is 6.42 Å². The number of carbonyl (C=O) groups excluding carboxylic acids is 1. The van der Waals surface area contributed by atoms with E-state index >= 15 is 0 Å². The van der Waals surface area contributed by atoms with Crippen LogP contribution in [-0.2, 0) is 11.2 Å². The Morgan fingerprint density at radius 1 is 1.36 bits per heavy atom. The summed E-state index contributed by atoms with van der Waals surface area (Å²) in [6.07, 6.45) is 0.823. The third kappa shape index (κ3) is 3.20. The molecule has 0 amide bonds. The van der Waals surface area contributed by atoms with Crippen LogP contribution in [0.25, 0.3) is 0 Å². The predicted octanol–water partition coefficient (Wildman–Crippen LogP) is 2.61.